The van der Waals surface area contributed by atoms with Crippen LogP contribution in [0.4, 0.5) is 11.4 Å². The Labute approximate surface area is 124 Å². The van der Waals surface area contributed by atoms with Crippen LogP contribution in [0.5, 0.6) is 0 Å². The van der Waals surface area contributed by atoms with Crippen LogP contribution in [0.3, 0.4) is 0 Å². The van der Waals surface area contributed by atoms with Gasteiger partial charge in [0.15, 0.2) is 0 Å². The molecule has 0 fully saturated rings. The lowest BCUT2D eigenvalue weighted by molar-refractivity contribution is 0.687. The molecule has 100 valence electrons. The van der Waals surface area contributed by atoms with Gasteiger partial charge in [-0.2, -0.15) is 5.26 Å². The molecule has 0 saturated carbocycles. The molecule has 1 N–H and O–H groups in total. The van der Waals surface area contributed by atoms with E-state index in [1.54, 1.807) is 12.1 Å². The van der Waals surface area contributed by atoms with Gasteiger partial charge in [-0.05, 0) is 61.1 Å². The number of benzene rings is 2. The van der Waals surface area contributed by atoms with Crippen molar-refractivity contribution in [1.82, 2.24) is 0 Å². The number of halogens is 1. The van der Waals surface area contributed by atoms with Crippen LogP contribution in [-0.4, -0.2) is 0 Å². The number of fused-ring (bicyclic) bond motifs is 1. The maximum absolute atomic E-state index is 8.87. The highest BCUT2D eigenvalue weighted by Crippen LogP contribution is 2.32. The molecular weight excluding hydrogens is 268 g/mol. The summed E-state index contributed by atoms with van der Waals surface area (Å²) in [7, 11) is 0. The molecule has 3 heteroatoms. The zero-order valence-electron chi connectivity index (χ0n) is 11.1. The molecular formula is C17H15ClN2. The van der Waals surface area contributed by atoms with Crippen molar-refractivity contribution < 1.29 is 0 Å². The molecule has 1 aliphatic rings. The van der Waals surface area contributed by atoms with Gasteiger partial charge >= 0.3 is 0 Å². The Bertz CT molecular complexity index is 686. The Kier molecular flexibility index (Phi) is 3.62. The lowest BCUT2D eigenvalue weighted by atomic mass is 9.90. The molecule has 0 aliphatic heterocycles. The van der Waals surface area contributed by atoms with E-state index in [-0.39, 0.29) is 0 Å². The second kappa shape index (κ2) is 5.56. The van der Waals surface area contributed by atoms with Gasteiger partial charge in [-0.25, -0.2) is 0 Å². The molecule has 0 bridgehead atoms. The summed E-state index contributed by atoms with van der Waals surface area (Å²) in [5.74, 6) is 0. The van der Waals surface area contributed by atoms with Crippen molar-refractivity contribution in [2.75, 3.05) is 5.32 Å². The molecule has 20 heavy (non-hydrogen) atoms. The van der Waals surface area contributed by atoms with E-state index in [0.29, 0.717) is 10.6 Å². The molecule has 0 radical (unpaired) electrons. The average Bonchev–Trinajstić information content (AvgIpc) is 2.49. The molecule has 3 rings (SSSR count). The van der Waals surface area contributed by atoms with Gasteiger partial charge < -0.3 is 5.32 Å². The summed E-state index contributed by atoms with van der Waals surface area (Å²) in [6.45, 7) is 0. The van der Waals surface area contributed by atoms with Crippen molar-refractivity contribution in [3.8, 4) is 6.07 Å². The summed E-state index contributed by atoms with van der Waals surface area (Å²) >= 11 is 6.23. The summed E-state index contributed by atoms with van der Waals surface area (Å²) in [6.07, 6.45) is 4.79. The second-order valence-electron chi connectivity index (χ2n) is 5.08. The number of nitrogens with zero attached hydrogens (tertiary/aromatic N) is 1. The van der Waals surface area contributed by atoms with E-state index in [1.165, 1.54) is 24.0 Å². The maximum atomic E-state index is 8.87. The third kappa shape index (κ3) is 2.50. The summed E-state index contributed by atoms with van der Waals surface area (Å²) in [6, 6.07) is 13.8. The Morgan fingerprint density at radius 1 is 1.05 bits per heavy atom. The molecule has 2 aromatic rings. The highest BCUT2D eigenvalue weighted by Gasteiger charge is 2.13. The van der Waals surface area contributed by atoms with Crippen molar-refractivity contribution in [3.63, 3.8) is 0 Å². The summed E-state index contributed by atoms with van der Waals surface area (Å²) in [5.41, 5.74) is 5.40. The Balaban J connectivity index is 1.94. The van der Waals surface area contributed by atoms with Gasteiger partial charge in [-0.15, -0.1) is 0 Å². The van der Waals surface area contributed by atoms with E-state index in [9.17, 15) is 0 Å². The number of aryl methyl sites for hydroxylation is 1. The van der Waals surface area contributed by atoms with Crippen molar-refractivity contribution in [3.05, 3.63) is 58.1 Å². The van der Waals surface area contributed by atoms with E-state index in [1.807, 2.05) is 6.07 Å². The van der Waals surface area contributed by atoms with Gasteiger partial charge in [0.2, 0.25) is 0 Å². The molecule has 2 nitrogen and oxygen atoms in total. The molecule has 0 unspecified atom stereocenters. The number of hydrogen-bond donors (Lipinski definition) is 1. The fourth-order valence-electron chi connectivity index (χ4n) is 2.73. The molecule has 0 aromatic heterocycles. The van der Waals surface area contributed by atoms with E-state index < -0.39 is 0 Å². The topological polar surface area (TPSA) is 35.8 Å². The van der Waals surface area contributed by atoms with Crippen molar-refractivity contribution >= 4 is 23.0 Å². The van der Waals surface area contributed by atoms with Crippen LogP contribution in [-0.2, 0) is 12.8 Å². The van der Waals surface area contributed by atoms with Crippen LogP contribution in [0.15, 0.2) is 36.4 Å². The quantitative estimate of drug-likeness (QED) is 0.856. The van der Waals surface area contributed by atoms with Crippen LogP contribution in [0.1, 0.15) is 29.5 Å². The maximum Gasteiger partial charge on any atom is 0.0992 e. The number of anilines is 2. The van der Waals surface area contributed by atoms with Crippen LogP contribution in [0.25, 0.3) is 0 Å². The number of hydrogen-bond acceptors (Lipinski definition) is 2. The molecule has 0 spiro atoms. The van der Waals surface area contributed by atoms with Crippen LogP contribution >= 0.6 is 11.6 Å². The average molecular weight is 283 g/mol. The van der Waals surface area contributed by atoms with Crippen LogP contribution < -0.4 is 5.32 Å². The zero-order valence-corrected chi connectivity index (χ0v) is 11.9. The van der Waals surface area contributed by atoms with E-state index in [2.05, 4.69) is 29.6 Å². The molecule has 0 saturated heterocycles. The monoisotopic (exact) mass is 282 g/mol. The Hall–Kier alpha value is -1.98. The fourth-order valence-corrected chi connectivity index (χ4v) is 2.96. The minimum Gasteiger partial charge on any atom is -0.354 e. The van der Waals surface area contributed by atoms with Crippen molar-refractivity contribution in [2.45, 2.75) is 25.7 Å². The van der Waals surface area contributed by atoms with Gasteiger partial charge in [0, 0.05) is 5.69 Å². The SMILES string of the molecule is N#Cc1ccc(Nc2cccc3c2CCCC3)c(Cl)c1. The predicted octanol–water partition coefficient (Wildman–Crippen LogP) is 4.83. The standard InChI is InChI=1S/C17H15ClN2/c18-15-10-12(11-19)8-9-17(15)20-16-7-3-5-13-4-1-2-6-14(13)16/h3,5,7-10,20H,1-2,4,6H2. The molecule has 0 heterocycles. The minimum atomic E-state index is 0.579. The summed E-state index contributed by atoms with van der Waals surface area (Å²) < 4.78 is 0. The Morgan fingerprint density at radius 2 is 1.90 bits per heavy atom. The van der Waals surface area contributed by atoms with Gasteiger partial charge in [0.05, 0.1) is 22.3 Å². The normalized spacial score (nSPS) is 13.4. The number of rotatable bonds is 2. The van der Waals surface area contributed by atoms with E-state index >= 15 is 0 Å². The molecule has 2 aromatic carbocycles. The van der Waals surface area contributed by atoms with Crippen LogP contribution in [0.2, 0.25) is 5.02 Å². The zero-order chi connectivity index (χ0) is 13.9. The number of nitriles is 1. The second-order valence-corrected chi connectivity index (χ2v) is 5.49. The summed E-state index contributed by atoms with van der Waals surface area (Å²) in [5, 5.41) is 12.9. The van der Waals surface area contributed by atoms with E-state index in [0.717, 1.165) is 24.2 Å². The predicted molar refractivity (Wildman–Crippen MR) is 82.5 cm³/mol. The molecule has 0 atom stereocenters. The van der Waals surface area contributed by atoms with Crippen molar-refractivity contribution in [2.24, 2.45) is 0 Å². The third-order valence-electron chi connectivity index (χ3n) is 3.76. The minimum absolute atomic E-state index is 0.579. The van der Waals surface area contributed by atoms with Crippen molar-refractivity contribution in [1.29, 1.82) is 5.26 Å². The van der Waals surface area contributed by atoms with Gasteiger partial charge in [0.1, 0.15) is 0 Å². The number of nitrogens with one attached hydrogen (secondary N) is 1. The third-order valence-corrected chi connectivity index (χ3v) is 4.08. The largest absolute Gasteiger partial charge is 0.354 e. The molecule has 0 amide bonds. The highest BCUT2D eigenvalue weighted by molar-refractivity contribution is 6.33. The first-order valence-electron chi connectivity index (χ1n) is 6.85. The Morgan fingerprint density at radius 3 is 2.70 bits per heavy atom. The lowest BCUT2D eigenvalue weighted by Crippen LogP contribution is -2.06. The first-order chi connectivity index (χ1) is 9.78. The van der Waals surface area contributed by atoms with Gasteiger partial charge in [0.25, 0.3) is 0 Å². The lowest BCUT2D eigenvalue weighted by Gasteiger charge is -2.20. The first kappa shape index (κ1) is 13.0. The van der Waals surface area contributed by atoms with Gasteiger partial charge in [-0.1, -0.05) is 23.7 Å². The van der Waals surface area contributed by atoms with E-state index in [4.69, 9.17) is 16.9 Å². The molecule has 1 aliphatic carbocycles. The summed E-state index contributed by atoms with van der Waals surface area (Å²) in [4.78, 5) is 0. The fraction of sp³-hybridized carbons (Fsp3) is 0.235. The highest BCUT2D eigenvalue weighted by atomic mass is 35.5. The van der Waals surface area contributed by atoms with Crippen LogP contribution in [0, 0.1) is 11.3 Å². The van der Waals surface area contributed by atoms with Gasteiger partial charge in [-0.3, -0.25) is 0 Å². The smallest absolute Gasteiger partial charge is 0.0992 e. The first-order valence-corrected chi connectivity index (χ1v) is 7.23.